The van der Waals surface area contributed by atoms with E-state index in [1.165, 1.54) is 0 Å². The van der Waals surface area contributed by atoms with Gasteiger partial charge in [0.15, 0.2) is 0 Å². The summed E-state index contributed by atoms with van der Waals surface area (Å²) in [4.78, 5) is 28.1. The van der Waals surface area contributed by atoms with Crippen LogP contribution in [0.5, 0.6) is 0 Å². The molecule has 0 aromatic rings. The van der Waals surface area contributed by atoms with Gasteiger partial charge >= 0.3 is 0 Å². The van der Waals surface area contributed by atoms with Gasteiger partial charge in [0.05, 0.1) is 13.1 Å². The molecule has 2 aliphatic heterocycles. The zero-order valence-electron chi connectivity index (χ0n) is 13.1. The summed E-state index contributed by atoms with van der Waals surface area (Å²) in [5.74, 6) is 2.44. The molecular formula is C16H25N3O3. The van der Waals surface area contributed by atoms with Crippen LogP contribution in [0.15, 0.2) is 0 Å². The molecule has 2 rings (SSSR count). The van der Waals surface area contributed by atoms with Crippen LogP contribution in [0.25, 0.3) is 0 Å². The van der Waals surface area contributed by atoms with Gasteiger partial charge in [-0.2, -0.15) is 0 Å². The van der Waals surface area contributed by atoms with Gasteiger partial charge in [0.1, 0.15) is 6.10 Å². The van der Waals surface area contributed by atoms with Gasteiger partial charge < -0.3 is 15.0 Å². The van der Waals surface area contributed by atoms with Crippen molar-refractivity contribution in [2.24, 2.45) is 0 Å². The first-order valence-corrected chi connectivity index (χ1v) is 8.03. The number of ether oxygens (including phenoxy) is 1. The Bertz CT molecular complexity index is 427. The van der Waals surface area contributed by atoms with Gasteiger partial charge in [-0.25, -0.2) is 0 Å². The third kappa shape index (κ3) is 5.00. The molecule has 1 atom stereocenters. The lowest BCUT2D eigenvalue weighted by atomic mass is 10.1. The average Bonchev–Trinajstić information content (AvgIpc) is 2.78. The fourth-order valence-corrected chi connectivity index (χ4v) is 2.90. The molecule has 1 N–H and O–H groups in total. The maximum Gasteiger partial charge on any atom is 0.251 e. The number of nitrogens with one attached hydrogen (secondary N) is 1. The van der Waals surface area contributed by atoms with E-state index < -0.39 is 0 Å². The SMILES string of the molecule is C#CCNC(=O)CN1CCCN(C(=O)C2CCCCO2)CC1. The molecule has 0 spiro atoms. The quantitative estimate of drug-likeness (QED) is 0.733. The summed E-state index contributed by atoms with van der Waals surface area (Å²) in [5.41, 5.74) is 0. The monoisotopic (exact) mass is 307 g/mol. The molecule has 122 valence electrons. The highest BCUT2D eigenvalue weighted by atomic mass is 16.5. The Morgan fingerprint density at radius 3 is 2.77 bits per heavy atom. The van der Waals surface area contributed by atoms with Gasteiger partial charge in [-0.3, -0.25) is 14.5 Å². The summed E-state index contributed by atoms with van der Waals surface area (Å²) in [6.45, 7) is 4.20. The number of carbonyl (C=O) groups excluding carboxylic acids is 2. The normalized spacial score (nSPS) is 23.4. The summed E-state index contributed by atoms with van der Waals surface area (Å²) in [6, 6.07) is 0. The Kier molecular flexibility index (Phi) is 6.69. The minimum Gasteiger partial charge on any atom is -0.368 e. The highest BCUT2D eigenvalue weighted by Crippen LogP contribution is 2.16. The lowest BCUT2D eigenvalue weighted by molar-refractivity contribution is -0.146. The predicted molar refractivity (Wildman–Crippen MR) is 83.1 cm³/mol. The molecule has 0 aromatic heterocycles. The molecular weight excluding hydrogens is 282 g/mol. The van der Waals surface area contributed by atoms with E-state index in [0.29, 0.717) is 26.2 Å². The van der Waals surface area contributed by atoms with E-state index in [4.69, 9.17) is 11.2 Å². The number of terminal acetylenes is 1. The van der Waals surface area contributed by atoms with Gasteiger partial charge in [-0.05, 0) is 25.7 Å². The maximum absolute atomic E-state index is 12.5. The topological polar surface area (TPSA) is 61.9 Å². The molecule has 0 aromatic carbocycles. The van der Waals surface area contributed by atoms with Crippen LogP contribution >= 0.6 is 0 Å². The van der Waals surface area contributed by atoms with Crippen molar-refractivity contribution < 1.29 is 14.3 Å². The van der Waals surface area contributed by atoms with E-state index >= 15 is 0 Å². The zero-order valence-corrected chi connectivity index (χ0v) is 13.1. The van der Waals surface area contributed by atoms with Crippen molar-refractivity contribution in [2.45, 2.75) is 31.8 Å². The van der Waals surface area contributed by atoms with Crippen molar-refractivity contribution in [3.63, 3.8) is 0 Å². The Labute approximate surface area is 132 Å². The van der Waals surface area contributed by atoms with Gasteiger partial charge in [-0.15, -0.1) is 6.42 Å². The molecule has 1 unspecified atom stereocenters. The largest absolute Gasteiger partial charge is 0.368 e. The third-order valence-electron chi connectivity index (χ3n) is 4.11. The smallest absolute Gasteiger partial charge is 0.251 e. The van der Waals surface area contributed by atoms with Crippen molar-refractivity contribution in [2.75, 3.05) is 45.9 Å². The summed E-state index contributed by atoms with van der Waals surface area (Å²) < 4.78 is 5.58. The minimum absolute atomic E-state index is 0.0617. The zero-order chi connectivity index (χ0) is 15.8. The first kappa shape index (κ1) is 16.8. The lowest BCUT2D eigenvalue weighted by Gasteiger charge is -2.28. The molecule has 22 heavy (non-hydrogen) atoms. The maximum atomic E-state index is 12.5. The van der Waals surface area contributed by atoms with Crippen molar-refractivity contribution in [3.05, 3.63) is 0 Å². The number of amides is 2. The molecule has 6 heteroatoms. The van der Waals surface area contributed by atoms with Crippen LogP contribution < -0.4 is 5.32 Å². The molecule has 2 fully saturated rings. The Hall–Kier alpha value is -1.58. The van der Waals surface area contributed by atoms with Crippen LogP contribution in [0.4, 0.5) is 0 Å². The Morgan fingerprint density at radius 2 is 2.05 bits per heavy atom. The second kappa shape index (κ2) is 8.76. The molecule has 0 saturated carbocycles. The van der Waals surface area contributed by atoms with E-state index in [2.05, 4.69) is 16.1 Å². The fourth-order valence-electron chi connectivity index (χ4n) is 2.90. The molecule has 0 aliphatic carbocycles. The lowest BCUT2D eigenvalue weighted by Crippen LogP contribution is -2.44. The number of carbonyl (C=O) groups is 2. The molecule has 2 amide bonds. The standard InChI is InChI=1S/C16H25N3O3/c1-2-7-17-15(20)13-18-8-5-9-19(11-10-18)16(21)14-6-3-4-12-22-14/h1,14H,3-13H2,(H,17,20). The Morgan fingerprint density at radius 1 is 1.18 bits per heavy atom. The van der Waals surface area contributed by atoms with Crippen LogP contribution in [0.2, 0.25) is 0 Å². The van der Waals surface area contributed by atoms with E-state index in [1.54, 1.807) is 0 Å². The fraction of sp³-hybridized carbons (Fsp3) is 0.750. The Balaban J connectivity index is 1.78. The molecule has 2 saturated heterocycles. The summed E-state index contributed by atoms with van der Waals surface area (Å²) in [5, 5.41) is 2.67. The number of hydrogen-bond donors (Lipinski definition) is 1. The molecule has 0 radical (unpaired) electrons. The molecule has 0 bridgehead atoms. The number of nitrogens with zero attached hydrogens (tertiary/aromatic N) is 2. The van der Waals surface area contributed by atoms with E-state index in [-0.39, 0.29) is 24.5 Å². The first-order valence-electron chi connectivity index (χ1n) is 8.03. The molecule has 6 nitrogen and oxygen atoms in total. The van der Waals surface area contributed by atoms with Gasteiger partial charge in [0.25, 0.3) is 5.91 Å². The number of hydrogen-bond acceptors (Lipinski definition) is 4. The van der Waals surface area contributed by atoms with Crippen LogP contribution in [0, 0.1) is 12.3 Å². The second-order valence-corrected chi connectivity index (χ2v) is 5.79. The van der Waals surface area contributed by atoms with Gasteiger partial charge in [0.2, 0.25) is 5.91 Å². The van der Waals surface area contributed by atoms with Gasteiger partial charge in [-0.1, -0.05) is 5.92 Å². The van der Waals surface area contributed by atoms with E-state index in [0.717, 1.165) is 38.8 Å². The summed E-state index contributed by atoms with van der Waals surface area (Å²) in [7, 11) is 0. The van der Waals surface area contributed by atoms with Crippen LogP contribution in [0.3, 0.4) is 0 Å². The van der Waals surface area contributed by atoms with Crippen molar-refractivity contribution in [1.29, 1.82) is 0 Å². The second-order valence-electron chi connectivity index (χ2n) is 5.79. The molecule has 2 aliphatic rings. The average molecular weight is 307 g/mol. The highest BCUT2D eigenvalue weighted by molar-refractivity contribution is 5.81. The minimum atomic E-state index is -0.265. The van der Waals surface area contributed by atoms with Crippen molar-refractivity contribution in [3.8, 4) is 12.3 Å². The van der Waals surface area contributed by atoms with E-state index in [9.17, 15) is 9.59 Å². The van der Waals surface area contributed by atoms with Crippen LogP contribution in [0.1, 0.15) is 25.7 Å². The van der Waals surface area contributed by atoms with E-state index in [1.807, 2.05) is 4.90 Å². The highest BCUT2D eigenvalue weighted by Gasteiger charge is 2.28. The third-order valence-corrected chi connectivity index (χ3v) is 4.11. The van der Waals surface area contributed by atoms with Crippen molar-refractivity contribution in [1.82, 2.24) is 15.1 Å². The summed E-state index contributed by atoms with van der Waals surface area (Å²) >= 11 is 0. The molecule has 2 heterocycles. The van der Waals surface area contributed by atoms with Crippen molar-refractivity contribution >= 4 is 11.8 Å². The van der Waals surface area contributed by atoms with Crippen LogP contribution in [-0.4, -0.2) is 73.6 Å². The summed E-state index contributed by atoms with van der Waals surface area (Å²) in [6.07, 6.45) is 8.67. The van der Waals surface area contributed by atoms with Gasteiger partial charge in [0, 0.05) is 32.8 Å². The van der Waals surface area contributed by atoms with Crippen LogP contribution in [-0.2, 0) is 14.3 Å². The first-order chi connectivity index (χ1) is 10.7. The number of rotatable bonds is 4. The predicted octanol–water partition coefficient (Wildman–Crippen LogP) is -0.161.